The number of benzene rings is 1. The van der Waals surface area contributed by atoms with Crippen LogP contribution in [0.25, 0.3) is 22.5 Å². The van der Waals surface area contributed by atoms with Crippen LogP contribution in [0.4, 0.5) is 13.2 Å². The number of alkyl halides is 3. The van der Waals surface area contributed by atoms with Crippen LogP contribution in [0.1, 0.15) is 32.0 Å². The van der Waals surface area contributed by atoms with Crippen LogP contribution >= 0.6 is 0 Å². The first-order valence-corrected chi connectivity index (χ1v) is 9.09. The van der Waals surface area contributed by atoms with Gasteiger partial charge in [-0.3, -0.25) is 9.20 Å². The van der Waals surface area contributed by atoms with Crippen molar-refractivity contribution in [2.75, 3.05) is 6.54 Å². The number of aromatic nitrogens is 2. The summed E-state index contributed by atoms with van der Waals surface area (Å²) in [5.74, 6) is -2.84. The van der Waals surface area contributed by atoms with Gasteiger partial charge in [-0.05, 0) is 37.1 Å². The van der Waals surface area contributed by atoms with Gasteiger partial charge in [0, 0.05) is 30.4 Å². The van der Waals surface area contributed by atoms with E-state index in [-0.39, 0.29) is 11.3 Å². The van der Waals surface area contributed by atoms with Crippen LogP contribution < -0.4 is 10.9 Å². The Kier molecular flexibility index (Phi) is 5.26. The number of hydrogen-bond acceptors (Lipinski definition) is 3. The monoisotopic (exact) mass is 401 g/mol. The van der Waals surface area contributed by atoms with Crippen molar-refractivity contribution in [1.29, 1.82) is 0 Å². The van der Waals surface area contributed by atoms with E-state index in [4.69, 9.17) is 0 Å². The van der Waals surface area contributed by atoms with Gasteiger partial charge in [0.2, 0.25) is 0 Å². The van der Waals surface area contributed by atoms with Gasteiger partial charge in [-0.1, -0.05) is 30.8 Å². The average Bonchev–Trinajstić information content (AvgIpc) is 2.64. The third-order valence-electron chi connectivity index (χ3n) is 4.46. The Morgan fingerprint density at radius 3 is 2.38 bits per heavy atom. The molecule has 0 spiro atoms. The minimum absolute atomic E-state index is 0.0599. The van der Waals surface area contributed by atoms with Gasteiger partial charge in [0.05, 0.1) is 12.2 Å². The summed E-state index contributed by atoms with van der Waals surface area (Å²) in [5.41, 5.74) is 0.728. The molecule has 0 fully saturated rings. The first-order chi connectivity index (χ1) is 13.5. The van der Waals surface area contributed by atoms with E-state index >= 15 is 0 Å². The number of hydrogen-bond donors (Lipinski definition) is 1. The molecule has 2 heterocycles. The van der Waals surface area contributed by atoms with Crippen LogP contribution in [0.5, 0.6) is 0 Å². The second kappa shape index (κ2) is 7.39. The normalized spacial score (nSPS) is 12.2. The highest BCUT2D eigenvalue weighted by molar-refractivity contribution is 5.78. The molecule has 0 saturated carbocycles. The van der Waals surface area contributed by atoms with Crippen molar-refractivity contribution in [2.24, 2.45) is 0 Å². The van der Waals surface area contributed by atoms with E-state index in [1.54, 1.807) is 42.6 Å². The summed E-state index contributed by atoms with van der Waals surface area (Å²) in [6, 6.07) is 11.7. The van der Waals surface area contributed by atoms with Crippen LogP contribution in [-0.4, -0.2) is 21.9 Å². The molecule has 2 aromatic heterocycles. The highest BCUT2D eigenvalue weighted by Crippen LogP contribution is 2.27. The SMILES string of the molecule is C=C(NCC(C)(F)F)c1ccc(-c2cccn3c(=O)cc(C(C)(C)F)nc23)cc1. The zero-order valence-electron chi connectivity index (χ0n) is 16.5. The number of nitrogens with one attached hydrogen (secondary N) is 1. The lowest BCUT2D eigenvalue weighted by Crippen LogP contribution is -2.28. The lowest BCUT2D eigenvalue weighted by atomic mass is 10.0. The van der Waals surface area contributed by atoms with Gasteiger partial charge < -0.3 is 5.32 Å². The second-order valence-corrected chi connectivity index (χ2v) is 7.55. The fraction of sp³-hybridized carbons (Fsp3) is 0.273. The topological polar surface area (TPSA) is 46.4 Å². The zero-order chi connectivity index (χ0) is 21.4. The first kappa shape index (κ1) is 20.6. The molecular weight excluding hydrogens is 379 g/mol. The maximum atomic E-state index is 14.4. The van der Waals surface area contributed by atoms with E-state index in [2.05, 4.69) is 16.9 Å². The molecule has 29 heavy (non-hydrogen) atoms. The zero-order valence-corrected chi connectivity index (χ0v) is 16.5. The molecular formula is C22H22F3N3O. The Morgan fingerprint density at radius 1 is 1.14 bits per heavy atom. The highest BCUT2D eigenvalue weighted by atomic mass is 19.3. The molecule has 0 atom stereocenters. The Hall–Kier alpha value is -3.09. The first-order valence-electron chi connectivity index (χ1n) is 9.09. The standard InChI is InChI=1S/C22H22F3N3O/c1-14(26-13-22(4,24)25)15-7-9-16(10-8-15)17-6-5-11-28-19(29)12-18(21(2,3)23)27-20(17)28/h5-12,26H,1,13H2,2-4H3. The molecule has 1 aromatic carbocycles. The summed E-state index contributed by atoms with van der Waals surface area (Å²) < 4.78 is 41.8. The van der Waals surface area contributed by atoms with Crippen LogP contribution in [-0.2, 0) is 5.67 Å². The van der Waals surface area contributed by atoms with Crippen LogP contribution in [0.15, 0.2) is 60.0 Å². The van der Waals surface area contributed by atoms with Crippen molar-refractivity contribution in [3.8, 4) is 11.1 Å². The van der Waals surface area contributed by atoms with Gasteiger partial charge in [-0.15, -0.1) is 0 Å². The summed E-state index contributed by atoms with van der Waals surface area (Å²) in [4.78, 5) is 16.8. The molecule has 0 bridgehead atoms. The number of rotatable bonds is 6. The molecule has 0 unspecified atom stereocenters. The number of pyridine rings is 1. The predicted molar refractivity (Wildman–Crippen MR) is 109 cm³/mol. The number of halogens is 3. The summed E-state index contributed by atoms with van der Waals surface area (Å²) in [6.45, 7) is 6.81. The van der Waals surface area contributed by atoms with Crippen molar-refractivity contribution in [3.63, 3.8) is 0 Å². The van der Waals surface area contributed by atoms with Gasteiger partial charge >= 0.3 is 0 Å². The van der Waals surface area contributed by atoms with Crippen molar-refractivity contribution in [2.45, 2.75) is 32.4 Å². The van der Waals surface area contributed by atoms with Crippen molar-refractivity contribution < 1.29 is 13.2 Å². The van der Waals surface area contributed by atoms with Gasteiger partial charge in [0.15, 0.2) is 0 Å². The quantitative estimate of drug-likeness (QED) is 0.647. The van der Waals surface area contributed by atoms with E-state index in [9.17, 15) is 18.0 Å². The molecule has 7 heteroatoms. The van der Waals surface area contributed by atoms with Crippen molar-refractivity contribution in [3.05, 3.63) is 76.9 Å². The molecule has 0 radical (unpaired) electrons. The summed E-state index contributed by atoms with van der Waals surface area (Å²) in [7, 11) is 0. The van der Waals surface area contributed by atoms with Gasteiger partial charge in [0.25, 0.3) is 11.5 Å². The molecule has 0 saturated heterocycles. The Bertz CT molecular complexity index is 1110. The Morgan fingerprint density at radius 2 is 1.79 bits per heavy atom. The Labute approximate surface area is 166 Å². The maximum absolute atomic E-state index is 14.4. The summed E-state index contributed by atoms with van der Waals surface area (Å²) >= 11 is 0. The van der Waals surface area contributed by atoms with Crippen LogP contribution in [0.3, 0.4) is 0 Å². The molecule has 4 nitrogen and oxygen atoms in total. The van der Waals surface area contributed by atoms with Gasteiger partial charge in [-0.2, -0.15) is 0 Å². The van der Waals surface area contributed by atoms with Gasteiger partial charge in [0.1, 0.15) is 11.3 Å². The molecule has 1 N–H and O–H groups in total. The second-order valence-electron chi connectivity index (χ2n) is 7.55. The fourth-order valence-corrected chi connectivity index (χ4v) is 2.87. The predicted octanol–water partition coefficient (Wildman–Crippen LogP) is 4.78. The van der Waals surface area contributed by atoms with Crippen molar-refractivity contribution in [1.82, 2.24) is 14.7 Å². The smallest absolute Gasteiger partial charge is 0.262 e. The highest BCUT2D eigenvalue weighted by Gasteiger charge is 2.23. The third kappa shape index (κ3) is 4.67. The molecule has 0 aliphatic carbocycles. The van der Waals surface area contributed by atoms with E-state index < -0.39 is 18.1 Å². The molecule has 3 rings (SSSR count). The number of fused-ring (bicyclic) bond motifs is 1. The molecule has 3 aromatic rings. The summed E-state index contributed by atoms with van der Waals surface area (Å²) in [6.07, 6.45) is 1.58. The fourth-order valence-electron chi connectivity index (χ4n) is 2.87. The van der Waals surface area contributed by atoms with E-state index in [0.29, 0.717) is 22.5 Å². The molecule has 0 aliphatic rings. The van der Waals surface area contributed by atoms with Gasteiger partial charge in [-0.25, -0.2) is 18.2 Å². The van der Waals surface area contributed by atoms with E-state index in [0.717, 1.165) is 12.5 Å². The van der Waals surface area contributed by atoms with E-state index in [1.807, 2.05) is 0 Å². The van der Waals surface area contributed by atoms with E-state index in [1.165, 1.54) is 24.3 Å². The largest absolute Gasteiger partial charge is 0.379 e. The minimum atomic E-state index is -2.84. The molecule has 0 aliphatic heterocycles. The minimum Gasteiger partial charge on any atom is -0.379 e. The van der Waals surface area contributed by atoms with Crippen LogP contribution in [0.2, 0.25) is 0 Å². The Balaban J connectivity index is 2.00. The molecule has 0 amide bonds. The van der Waals surface area contributed by atoms with Crippen molar-refractivity contribution >= 4 is 11.3 Å². The lowest BCUT2D eigenvalue weighted by molar-refractivity contribution is 0.0267. The summed E-state index contributed by atoms with van der Waals surface area (Å²) in [5, 5.41) is 2.62. The maximum Gasteiger partial charge on any atom is 0.262 e. The molecule has 152 valence electrons. The van der Waals surface area contributed by atoms with Crippen LogP contribution in [0, 0.1) is 0 Å². The lowest BCUT2D eigenvalue weighted by Gasteiger charge is -2.16. The average molecular weight is 401 g/mol. The third-order valence-corrected chi connectivity index (χ3v) is 4.46. The number of nitrogens with zero attached hydrogens (tertiary/aromatic N) is 2.